The molecule has 3 heterocycles. The molecule has 1 saturated heterocycles. The summed E-state index contributed by atoms with van der Waals surface area (Å²) in [5.74, 6) is 0.341. The van der Waals surface area contributed by atoms with Crippen molar-refractivity contribution in [3.05, 3.63) is 11.0 Å². The summed E-state index contributed by atoms with van der Waals surface area (Å²) in [5.41, 5.74) is 7.28. The largest absolute Gasteiger partial charge is 0.369 e. The Kier molecular flexibility index (Phi) is 3.00. The van der Waals surface area contributed by atoms with Gasteiger partial charge in [0.2, 0.25) is 0 Å². The molecule has 0 aromatic carbocycles. The van der Waals surface area contributed by atoms with E-state index in [1.807, 2.05) is 0 Å². The number of nitrogen functional groups attached to an aromatic ring is 1. The van der Waals surface area contributed by atoms with Gasteiger partial charge < -0.3 is 15.3 Å². The molecule has 0 bridgehead atoms. The van der Waals surface area contributed by atoms with Gasteiger partial charge in [0.25, 0.3) is 0 Å². The summed E-state index contributed by atoms with van der Waals surface area (Å²) in [6, 6.07) is 0. The number of fused-ring (bicyclic) bond motifs is 1. The molecule has 0 radical (unpaired) electrons. The highest BCUT2D eigenvalue weighted by atomic mass is 32.1. The Labute approximate surface area is 110 Å². The van der Waals surface area contributed by atoms with Gasteiger partial charge in [-0.05, 0) is 25.9 Å². The van der Waals surface area contributed by atoms with Crippen molar-refractivity contribution in [2.45, 2.75) is 25.9 Å². The van der Waals surface area contributed by atoms with Crippen LogP contribution in [0.1, 0.15) is 19.3 Å². The zero-order valence-electron chi connectivity index (χ0n) is 10.1. The average Bonchev–Trinajstić information content (AvgIpc) is 2.74. The maximum Gasteiger partial charge on any atom is 0.200 e. The van der Waals surface area contributed by atoms with Crippen molar-refractivity contribution in [3.8, 4) is 0 Å². The van der Waals surface area contributed by atoms with Gasteiger partial charge in [-0.15, -0.1) is 0 Å². The fourth-order valence-electron chi connectivity index (χ4n) is 2.40. The van der Waals surface area contributed by atoms with Crippen LogP contribution in [0.15, 0.2) is 6.33 Å². The van der Waals surface area contributed by atoms with Gasteiger partial charge in [-0.3, -0.25) is 4.90 Å². The molecule has 0 amide bonds. The number of anilines is 1. The van der Waals surface area contributed by atoms with E-state index in [1.54, 1.807) is 6.33 Å². The zero-order chi connectivity index (χ0) is 12.5. The van der Waals surface area contributed by atoms with Gasteiger partial charge >= 0.3 is 0 Å². The monoisotopic (exact) mass is 264 g/mol. The molecule has 6 nitrogen and oxygen atoms in total. The first-order valence-electron chi connectivity index (χ1n) is 6.17. The lowest BCUT2D eigenvalue weighted by Gasteiger charge is -2.26. The number of piperidine rings is 1. The number of imidazole rings is 1. The van der Waals surface area contributed by atoms with Gasteiger partial charge in [-0.25, -0.2) is 9.97 Å². The molecule has 3 N–H and O–H groups in total. The lowest BCUT2D eigenvalue weighted by atomic mass is 10.1. The summed E-state index contributed by atoms with van der Waals surface area (Å²) < 4.78 is 2.51. The number of nitrogens with two attached hydrogens (primary N) is 1. The van der Waals surface area contributed by atoms with Crippen molar-refractivity contribution in [1.82, 2.24) is 24.4 Å². The predicted octanol–water partition coefficient (Wildman–Crippen LogP) is 1.51. The van der Waals surface area contributed by atoms with Crippen LogP contribution in [0.3, 0.4) is 0 Å². The van der Waals surface area contributed by atoms with Crippen LogP contribution >= 0.6 is 12.2 Å². The standard InChI is InChI=1S/C11H16N6S/c12-11-14-9-8(10(18)15-11)13-6-17(9)7-16-4-2-1-3-5-16/h6H,1-5,7H2,(H3,12,14,15,18). The molecule has 1 aliphatic heterocycles. The number of nitrogens with one attached hydrogen (secondary N) is 1. The highest BCUT2D eigenvalue weighted by Crippen LogP contribution is 2.15. The molecule has 18 heavy (non-hydrogen) atoms. The summed E-state index contributed by atoms with van der Waals surface area (Å²) in [7, 11) is 0. The zero-order valence-corrected chi connectivity index (χ0v) is 10.9. The highest BCUT2D eigenvalue weighted by molar-refractivity contribution is 7.71. The Bertz CT molecular complexity index is 610. The predicted molar refractivity (Wildman–Crippen MR) is 72.5 cm³/mol. The molecule has 1 aliphatic rings. The van der Waals surface area contributed by atoms with Crippen LogP contribution in [0, 0.1) is 4.64 Å². The van der Waals surface area contributed by atoms with Crippen LogP contribution in [-0.2, 0) is 6.67 Å². The van der Waals surface area contributed by atoms with E-state index < -0.39 is 0 Å². The Morgan fingerprint density at radius 3 is 2.89 bits per heavy atom. The number of likely N-dealkylation sites (tertiary alicyclic amines) is 1. The summed E-state index contributed by atoms with van der Waals surface area (Å²) in [6.07, 6.45) is 5.67. The third kappa shape index (κ3) is 2.11. The number of aromatic nitrogens is 4. The Morgan fingerprint density at radius 2 is 2.11 bits per heavy atom. The molecular formula is C11H16N6S. The van der Waals surface area contributed by atoms with E-state index >= 15 is 0 Å². The van der Waals surface area contributed by atoms with E-state index in [0.717, 1.165) is 30.9 Å². The molecule has 0 spiro atoms. The molecule has 3 rings (SSSR count). The molecule has 0 atom stereocenters. The van der Waals surface area contributed by atoms with E-state index in [4.69, 9.17) is 18.0 Å². The normalized spacial score (nSPS) is 17.3. The van der Waals surface area contributed by atoms with E-state index in [9.17, 15) is 0 Å². The second-order valence-electron chi connectivity index (χ2n) is 4.66. The van der Waals surface area contributed by atoms with Crippen molar-refractivity contribution >= 4 is 29.3 Å². The van der Waals surface area contributed by atoms with Crippen LogP contribution in [0.5, 0.6) is 0 Å². The molecule has 2 aromatic rings. The third-order valence-corrected chi connectivity index (χ3v) is 3.59. The van der Waals surface area contributed by atoms with Crippen LogP contribution in [0.2, 0.25) is 0 Å². The van der Waals surface area contributed by atoms with E-state index in [2.05, 4.69) is 24.4 Å². The van der Waals surface area contributed by atoms with Gasteiger partial charge in [0.15, 0.2) is 10.6 Å². The van der Waals surface area contributed by atoms with E-state index in [-0.39, 0.29) is 0 Å². The first-order valence-corrected chi connectivity index (χ1v) is 6.58. The fraction of sp³-hybridized carbons (Fsp3) is 0.545. The lowest BCUT2D eigenvalue weighted by Crippen LogP contribution is -2.31. The number of H-pyrrole nitrogens is 1. The van der Waals surface area contributed by atoms with Crippen LogP contribution in [-0.4, -0.2) is 37.5 Å². The van der Waals surface area contributed by atoms with Crippen LogP contribution in [0.25, 0.3) is 11.2 Å². The smallest absolute Gasteiger partial charge is 0.200 e. The molecule has 7 heteroatoms. The van der Waals surface area contributed by atoms with Gasteiger partial charge in [-0.2, -0.15) is 0 Å². The first kappa shape index (κ1) is 11.6. The summed E-state index contributed by atoms with van der Waals surface area (Å²) in [4.78, 5) is 13.8. The summed E-state index contributed by atoms with van der Waals surface area (Å²) >= 11 is 5.16. The molecule has 0 aliphatic carbocycles. The van der Waals surface area contributed by atoms with Crippen molar-refractivity contribution in [1.29, 1.82) is 0 Å². The van der Waals surface area contributed by atoms with Crippen molar-refractivity contribution in [3.63, 3.8) is 0 Å². The second-order valence-corrected chi connectivity index (χ2v) is 5.05. The Hall–Kier alpha value is -1.47. The second kappa shape index (κ2) is 4.66. The maximum atomic E-state index is 5.70. The number of rotatable bonds is 2. The molecular weight excluding hydrogens is 248 g/mol. The number of hydrogen-bond donors (Lipinski definition) is 2. The van der Waals surface area contributed by atoms with Gasteiger partial charge in [0, 0.05) is 0 Å². The third-order valence-electron chi connectivity index (χ3n) is 3.31. The minimum Gasteiger partial charge on any atom is -0.369 e. The van der Waals surface area contributed by atoms with Crippen molar-refractivity contribution < 1.29 is 0 Å². The first-order chi connectivity index (χ1) is 8.74. The number of nitrogens with zero attached hydrogens (tertiary/aromatic N) is 4. The molecule has 1 fully saturated rings. The maximum absolute atomic E-state index is 5.70. The van der Waals surface area contributed by atoms with Crippen molar-refractivity contribution in [2.75, 3.05) is 18.8 Å². The molecule has 2 aromatic heterocycles. The molecule has 0 saturated carbocycles. The fourth-order valence-corrected chi connectivity index (χ4v) is 2.65. The summed E-state index contributed by atoms with van der Waals surface area (Å²) in [5, 5.41) is 0. The number of aromatic amines is 1. The highest BCUT2D eigenvalue weighted by Gasteiger charge is 2.13. The van der Waals surface area contributed by atoms with E-state index in [1.165, 1.54) is 19.3 Å². The number of hydrogen-bond acceptors (Lipinski definition) is 5. The minimum absolute atomic E-state index is 0.341. The van der Waals surface area contributed by atoms with Crippen molar-refractivity contribution in [2.24, 2.45) is 0 Å². The van der Waals surface area contributed by atoms with Crippen LogP contribution < -0.4 is 5.73 Å². The van der Waals surface area contributed by atoms with Gasteiger partial charge in [-0.1, -0.05) is 18.6 Å². The average molecular weight is 264 g/mol. The Morgan fingerprint density at radius 1 is 1.33 bits per heavy atom. The Balaban J connectivity index is 1.94. The molecule has 0 unspecified atom stereocenters. The minimum atomic E-state index is 0.341. The lowest BCUT2D eigenvalue weighted by molar-refractivity contribution is 0.184. The van der Waals surface area contributed by atoms with E-state index in [0.29, 0.717) is 10.6 Å². The van der Waals surface area contributed by atoms with Gasteiger partial charge in [0.05, 0.1) is 13.0 Å². The molecule has 96 valence electrons. The SMILES string of the molecule is Nc1nc(=S)c2ncn(CN3CCCCC3)c2[nH]1. The summed E-state index contributed by atoms with van der Waals surface area (Å²) in [6.45, 7) is 3.10. The quantitative estimate of drug-likeness (QED) is 0.804. The van der Waals surface area contributed by atoms with Crippen LogP contribution in [0.4, 0.5) is 5.95 Å². The van der Waals surface area contributed by atoms with Gasteiger partial charge in [0.1, 0.15) is 11.2 Å². The topological polar surface area (TPSA) is 75.8 Å².